The molecule has 7 nitrogen and oxygen atoms in total. The standard InChI is InChI=1S/C23H23FN2O5S/c1-16-7-8-17(23(27)25-13-14-31-19-11-9-18(24)10-12-19)15-22(16)32(28,29)26-20-5-3-4-6-21(20)30-2/h3-12,15,26H,13-14H2,1-2H3,(H,25,27). The molecular weight excluding hydrogens is 435 g/mol. The zero-order chi connectivity index (χ0) is 23.1. The molecule has 0 fully saturated rings. The van der Waals surface area contributed by atoms with Gasteiger partial charge in [0.2, 0.25) is 0 Å². The van der Waals surface area contributed by atoms with Crippen LogP contribution < -0.4 is 19.5 Å². The highest BCUT2D eigenvalue weighted by Gasteiger charge is 2.20. The Labute approximate surface area is 186 Å². The smallest absolute Gasteiger partial charge is 0.262 e. The van der Waals surface area contributed by atoms with Gasteiger partial charge < -0.3 is 14.8 Å². The highest BCUT2D eigenvalue weighted by atomic mass is 32.2. The van der Waals surface area contributed by atoms with Crippen molar-refractivity contribution in [3.63, 3.8) is 0 Å². The molecule has 32 heavy (non-hydrogen) atoms. The van der Waals surface area contributed by atoms with Crippen LogP contribution >= 0.6 is 0 Å². The maximum atomic E-state index is 13.0. The number of ether oxygens (including phenoxy) is 2. The Bertz CT molecular complexity index is 1200. The van der Waals surface area contributed by atoms with Crippen molar-refractivity contribution in [2.24, 2.45) is 0 Å². The van der Waals surface area contributed by atoms with E-state index < -0.39 is 15.9 Å². The number of rotatable bonds is 9. The Hall–Kier alpha value is -3.59. The van der Waals surface area contributed by atoms with Crippen LogP contribution in [0, 0.1) is 12.7 Å². The first-order chi connectivity index (χ1) is 15.3. The van der Waals surface area contributed by atoms with Crippen LogP contribution in [0.25, 0.3) is 0 Å². The van der Waals surface area contributed by atoms with Gasteiger partial charge in [-0.1, -0.05) is 18.2 Å². The van der Waals surface area contributed by atoms with E-state index in [0.717, 1.165) is 0 Å². The molecule has 0 aliphatic rings. The topological polar surface area (TPSA) is 93.7 Å². The van der Waals surface area contributed by atoms with Crippen molar-refractivity contribution in [1.82, 2.24) is 5.32 Å². The second-order valence-electron chi connectivity index (χ2n) is 6.84. The molecule has 0 saturated heterocycles. The molecule has 0 aliphatic heterocycles. The van der Waals surface area contributed by atoms with Crippen molar-refractivity contribution in [2.45, 2.75) is 11.8 Å². The van der Waals surface area contributed by atoms with E-state index in [1.54, 1.807) is 43.3 Å². The summed E-state index contributed by atoms with van der Waals surface area (Å²) >= 11 is 0. The quantitative estimate of drug-likeness (QED) is 0.477. The number of methoxy groups -OCH3 is 1. The molecule has 2 N–H and O–H groups in total. The molecule has 9 heteroatoms. The molecule has 0 bridgehead atoms. The van der Waals surface area contributed by atoms with Gasteiger partial charge >= 0.3 is 0 Å². The second-order valence-corrected chi connectivity index (χ2v) is 8.50. The van der Waals surface area contributed by atoms with Gasteiger partial charge in [0.25, 0.3) is 15.9 Å². The third kappa shape index (κ3) is 5.76. The molecule has 3 aromatic rings. The van der Waals surface area contributed by atoms with Gasteiger partial charge in [-0.15, -0.1) is 0 Å². The summed E-state index contributed by atoms with van der Waals surface area (Å²) in [6.07, 6.45) is 0. The maximum absolute atomic E-state index is 13.0. The van der Waals surface area contributed by atoms with Crippen LogP contribution in [0.1, 0.15) is 15.9 Å². The first-order valence-electron chi connectivity index (χ1n) is 9.73. The molecule has 0 saturated carbocycles. The molecule has 0 atom stereocenters. The fourth-order valence-corrected chi connectivity index (χ4v) is 4.27. The van der Waals surface area contributed by atoms with Crippen LogP contribution in [0.3, 0.4) is 0 Å². The molecule has 1 amide bonds. The fourth-order valence-electron chi connectivity index (χ4n) is 2.93. The molecular formula is C23H23FN2O5S. The number of carbonyl (C=O) groups is 1. The van der Waals surface area contributed by atoms with E-state index in [1.165, 1.54) is 37.4 Å². The number of carbonyl (C=O) groups excluding carboxylic acids is 1. The number of sulfonamides is 1. The number of nitrogens with one attached hydrogen (secondary N) is 2. The Morgan fingerprint density at radius 2 is 1.75 bits per heavy atom. The van der Waals surface area contributed by atoms with Crippen LogP contribution in [0.2, 0.25) is 0 Å². The van der Waals surface area contributed by atoms with Gasteiger partial charge in [-0.05, 0) is 61.0 Å². The minimum Gasteiger partial charge on any atom is -0.495 e. The minimum absolute atomic E-state index is 0.0152. The van der Waals surface area contributed by atoms with Crippen molar-refractivity contribution in [2.75, 3.05) is 25.0 Å². The number of anilines is 1. The molecule has 0 aromatic heterocycles. The highest BCUT2D eigenvalue weighted by molar-refractivity contribution is 7.92. The van der Waals surface area contributed by atoms with Crippen LogP contribution in [0.4, 0.5) is 10.1 Å². The van der Waals surface area contributed by atoms with Gasteiger partial charge in [0.15, 0.2) is 0 Å². The summed E-state index contributed by atoms with van der Waals surface area (Å²) in [4.78, 5) is 12.5. The lowest BCUT2D eigenvalue weighted by Gasteiger charge is -2.14. The van der Waals surface area contributed by atoms with Gasteiger partial charge in [0.1, 0.15) is 23.9 Å². The average molecular weight is 459 g/mol. The molecule has 0 spiro atoms. The third-order valence-electron chi connectivity index (χ3n) is 4.56. The number of para-hydroxylation sites is 2. The maximum Gasteiger partial charge on any atom is 0.262 e. The Kier molecular flexibility index (Phi) is 7.32. The highest BCUT2D eigenvalue weighted by Crippen LogP contribution is 2.27. The summed E-state index contributed by atoms with van der Waals surface area (Å²) in [6.45, 7) is 2.00. The fraction of sp³-hybridized carbons (Fsp3) is 0.174. The largest absolute Gasteiger partial charge is 0.495 e. The summed E-state index contributed by atoms with van der Waals surface area (Å²) in [5.41, 5.74) is 0.976. The van der Waals surface area contributed by atoms with Gasteiger partial charge in [-0.2, -0.15) is 0 Å². The monoisotopic (exact) mass is 458 g/mol. The summed E-state index contributed by atoms with van der Waals surface area (Å²) in [5, 5.41) is 2.67. The average Bonchev–Trinajstić information content (AvgIpc) is 2.78. The van der Waals surface area contributed by atoms with E-state index >= 15 is 0 Å². The minimum atomic E-state index is -3.96. The lowest BCUT2D eigenvalue weighted by atomic mass is 10.1. The molecule has 0 unspecified atom stereocenters. The molecule has 0 radical (unpaired) electrons. The predicted octanol–water partition coefficient (Wildman–Crippen LogP) is 3.75. The second kappa shape index (κ2) is 10.1. The van der Waals surface area contributed by atoms with Gasteiger partial charge in [-0.3, -0.25) is 9.52 Å². The Morgan fingerprint density at radius 1 is 1.03 bits per heavy atom. The molecule has 3 aromatic carbocycles. The summed E-state index contributed by atoms with van der Waals surface area (Å²) < 4.78 is 52.0. The lowest BCUT2D eigenvalue weighted by molar-refractivity contribution is 0.0946. The number of hydrogen-bond acceptors (Lipinski definition) is 5. The van der Waals surface area contributed by atoms with Crippen molar-refractivity contribution >= 4 is 21.6 Å². The predicted molar refractivity (Wildman–Crippen MR) is 119 cm³/mol. The normalized spacial score (nSPS) is 11.0. The Balaban J connectivity index is 1.67. The molecule has 0 aliphatic carbocycles. The lowest BCUT2D eigenvalue weighted by Crippen LogP contribution is -2.28. The summed E-state index contributed by atoms with van der Waals surface area (Å²) in [7, 11) is -2.52. The first kappa shape index (κ1) is 23.1. The number of benzene rings is 3. The van der Waals surface area contributed by atoms with Gasteiger partial charge in [0.05, 0.1) is 24.2 Å². The molecule has 168 valence electrons. The SMILES string of the molecule is COc1ccccc1NS(=O)(=O)c1cc(C(=O)NCCOc2ccc(F)cc2)ccc1C. The zero-order valence-electron chi connectivity index (χ0n) is 17.6. The van der Waals surface area contributed by atoms with Crippen LogP contribution in [0.5, 0.6) is 11.5 Å². The van der Waals surface area contributed by atoms with Gasteiger partial charge in [-0.25, -0.2) is 12.8 Å². The van der Waals surface area contributed by atoms with Gasteiger partial charge in [0, 0.05) is 5.56 Å². The van der Waals surface area contributed by atoms with Crippen LogP contribution in [-0.2, 0) is 10.0 Å². The van der Waals surface area contributed by atoms with E-state index in [2.05, 4.69) is 10.0 Å². The van der Waals surface area contributed by atoms with Crippen molar-refractivity contribution in [1.29, 1.82) is 0 Å². The van der Waals surface area contributed by atoms with Crippen LogP contribution in [0.15, 0.2) is 71.6 Å². The molecule has 0 heterocycles. The Morgan fingerprint density at radius 3 is 2.47 bits per heavy atom. The number of halogens is 1. The van der Waals surface area contributed by atoms with E-state index in [9.17, 15) is 17.6 Å². The van der Waals surface area contributed by atoms with Crippen molar-refractivity contribution in [3.8, 4) is 11.5 Å². The summed E-state index contributed by atoms with van der Waals surface area (Å²) in [5.74, 6) is 0.0491. The van der Waals surface area contributed by atoms with E-state index in [1.807, 2.05) is 0 Å². The first-order valence-corrected chi connectivity index (χ1v) is 11.2. The van der Waals surface area contributed by atoms with E-state index in [-0.39, 0.29) is 29.4 Å². The third-order valence-corrected chi connectivity index (χ3v) is 6.07. The van der Waals surface area contributed by atoms with Crippen molar-refractivity contribution < 1.29 is 27.1 Å². The zero-order valence-corrected chi connectivity index (χ0v) is 18.4. The van der Waals surface area contributed by atoms with E-state index in [4.69, 9.17) is 9.47 Å². The van der Waals surface area contributed by atoms with Crippen LogP contribution in [-0.4, -0.2) is 34.6 Å². The van der Waals surface area contributed by atoms with Crippen molar-refractivity contribution in [3.05, 3.63) is 83.7 Å². The molecule has 3 rings (SSSR count). The van der Waals surface area contributed by atoms with E-state index in [0.29, 0.717) is 22.7 Å². The number of hydrogen-bond donors (Lipinski definition) is 2. The number of amides is 1. The summed E-state index contributed by atoms with van der Waals surface area (Å²) in [6, 6.07) is 16.6. The number of aryl methyl sites for hydroxylation is 1.